The molecule has 0 aliphatic carbocycles. The molecule has 4 heteroatoms. The van der Waals surface area contributed by atoms with E-state index in [1.54, 1.807) is 0 Å². The summed E-state index contributed by atoms with van der Waals surface area (Å²) in [6.45, 7) is 14.8. The van der Waals surface area contributed by atoms with Crippen molar-refractivity contribution in [2.24, 2.45) is 11.3 Å². The lowest BCUT2D eigenvalue weighted by Crippen LogP contribution is -2.47. The third kappa shape index (κ3) is 5.38. The summed E-state index contributed by atoms with van der Waals surface area (Å²) in [5, 5.41) is 3.02. The van der Waals surface area contributed by atoms with Gasteiger partial charge in [-0.25, -0.2) is 8.42 Å². The van der Waals surface area contributed by atoms with Gasteiger partial charge >= 0.3 is 0 Å². The molecule has 0 saturated carbocycles. The maximum Gasteiger partial charge on any atom is 0.154 e. The highest BCUT2D eigenvalue weighted by Gasteiger charge is 2.32. The van der Waals surface area contributed by atoms with E-state index in [2.05, 4.69) is 26.1 Å². The van der Waals surface area contributed by atoms with Gasteiger partial charge in [0, 0.05) is 6.04 Å². The highest BCUT2D eigenvalue weighted by molar-refractivity contribution is 7.92. The van der Waals surface area contributed by atoms with E-state index in [0.717, 1.165) is 6.54 Å². The van der Waals surface area contributed by atoms with Gasteiger partial charge in [0.1, 0.15) is 0 Å². The third-order valence-electron chi connectivity index (χ3n) is 3.40. The second-order valence-corrected chi connectivity index (χ2v) is 8.66. The summed E-state index contributed by atoms with van der Waals surface area (Å²) in [4.78, 5) is 0. The van der Waals surface area contributed by atoms with E-state index in [1.807, 2.05) is 27.7 Å². The highest BCUT2D eigenvalue weighted by atomic mass is 32.2. The highest BCUT2D eigenvalue weighted by Crippen LogP contribution is 2.23. The van der Waals surface area contributed by atoms with Crippen LogP contribution in [0.1, 0.15) is 48.5 Å². The monoisotopic (exact) mass is 263 g/mol. The molecule has 0 heterocycles. The zero-order valence-corrected chi connectivity index (χ0v) is 13.2. The van der Waals surface area contributed by atoms with Gasteiger partial charge < -0.3 is 5.32 Å². The van der Waals surface area contributed by atoms with Gasteiger partial charge in [-0.2, -0.15) is 0 Å². The van der Waals surface area contributed by atoms with Crippen molar-refractivity contribution in [1.82, 2.24) is 5.32 Å². The van der Waals surface area contributed by atoms with E-state index in [4.69, 9.17) is 0 Å². The molecule has 0 amide bonds. The molecule has 0 aliphatic rings. The minimum Gasteiger partial charge on any atom is -0.313 e. The molecule has 0 fully saturated rings. The Balaban J connectivity index is 4.89. The Morgan fingerprint density at radius 2 is 1.59 bits per heavy atom. The quantitative estimate of drug-likeness (QED) is 0.801. The van der Waals surface area contributed by atoms with Crippen LogP contribution in [0.25, 0.3) is 0 Å². The van der Waals surface area contributed by atoms with Gasteiger partial charge in [-0.3, -0.25) is 0 Å². The van der Waals surface area contributed by atoms with Gasteiger partial charge in [0.2, 0.25) is 0 Å². The predicted molar refractivity (Wildman–Crippen MR) is 75.0 cm³/mol. The Hall–Kier alpha value is -0.0900. The molecule has 0 aromatic rings. The zero-order valence-electron chi connectivity index (χ0n) is 12.4. The fourth-order valence-electron chi connectivity index (χ4n) is 1.66. The van der Waals surface area contributed by atoms with Crippen LogP contribution in [0.15, 0.2) is 0 Å². The predicted octanol–water partition coefficient (Wildman–Crippen LogP) is 2.47. The zero-order chi connectivity index (χ0) is 13.9. The lowest BCUT2D eigenvalue weighted by molar-refractivity contribution is 0.291. The Morgan fingerprint density at radius 3 is 1.88 bits per heavy atom. The Kier molecular flexibility index (Phi) is 6.15. The summed E-state index contributed by atoms with van der Waals surface area (Å²) in [5.41, 5.74) is -0.0419. The lowest BCUT2D eigenvalue weighted by atomic mass is 9.88. The molecule has 0 aliphatic heterocycles. The van der Waals surface area contributed by atoms with Crippen molar-refractivity contribution < 1.29 is 8.42 Å². The topological polar surface area (TPSA) is 46.2 Å². The van der Waals surface area contributed by atoms with Crippen molar-refractivity contribution in [3.8, 4) is 0 Å². The number of hydrogen-bond acceptors (Lipinski definition) is 3. The van der Waals surface area contributed by atoms with E-state index < -0.39 is 9.84 Å². The first kappa shape index (κ1) is 16.9. The number of rotatable bonds is 6. The second kappa shape index (κ2) is 6.19. The average Bonchev–Trinajstić information content (AvgIpc) is 2.14. The summed E-state index contributed by atoms with van der Waals surface area (Å²) in [6, 6.07) is 0.0127. The normalized spacial score (nSPS) is 17.2. The Labute approximate surface area is 107 Å². The fourth-order valence-corrected chi connectivity index (χ4v) is 3.88. The van der Waals surface area contributed by atoms with Crippen LogP contribution < -0.4 is 5.32 Å². The Morgan fingerprint density at radius 1 is 1.12 bits per heavy atom. The molecule has 104 valence electrons. The molecule has 0 bridgehead atoms. The van der Waals surface area contributed by atoms with Crippen LogP contribution in [0.5, 0.6) is 0 Å². The van der Waals surface area contributed by atoms with Crippen LogP contribution in [0, 0.1) is 11.3 Å². The molecule has 0 spiro atoms. The molecule has 17 heavy (non-hydrogen) atoms. The second-order valence-electron chi connectivity index (χ2n) is 6.25. The van der Waals surface area contributed by atoms with Crippen LogP contribution in [-0.2, 0) is 9.84 Å². The standard InChI is InChI=1S/C13H29NO2S/c1-8-14-12(13(5,6)7)9-17(15,16)11(4)10(2)3/h10-12,14H,8-9H2,1-7H3. The maximum atomic E-state index is 12.3. The SMILES string of the molecule is CCNC(CS(=O)(=O)C(C)C(C)C)C(C)(C)C. The number of hydrogen-bond donors (Lipinski definition) is 1. The smallest absolute Gasteiger partial charge is 0.154 e. The van der Waals surface area contributed by atoms with Crippen LogP contribution in [0.2, 0.25) is 0 Å². The van der Waals surface area contributed by atoms with Gasteiger partial charge in [-0.1, -0.05) is 41.5 Å². The van der Waals surface area contributed by atoms with Gasteiger partial charge in [-0.15, -0.1) is 0 Å². The summed E-state index contributed by atoms with van der Waals surface area (Å²) in [7, 11) is -3.03. The van der Waals surface area contributed by atoms with Gasteiger partial charge in [-0.05, 0) is 24.8 Å². The Bertz CT molecular complexity index is 315. The first-order valence-corrected chi connectivity index (χ1v) is 8.18. The van der Waals surface area contributed by atoms with Crippen LogP contribution >= 0.6 is 0 Å². The van der Waals surface area contributed by atoms with E-state index in [1.165, 1.54) is 0 Å². The molecule has 3 nitrogen and oxygen atoms in total. The van der Waals surface area contributed by atoms with Crippen LogP contribution in [-0.4, -0.2) is 32.0 Å². The third-order valence-corrected chi connectivity index (χ3v) is 5.88. The van der Waals surface area contributed by atoms with E-state index in [9.17, 15) is 8.42 Å². The fraction of sp³-hybridized carbons (Fsp3) is 1.00. The molecule has 2 atom stereocenters. The van der Waals surface area contributed by atoms with Crippen molar-refractivity contribution in [2.45, 2.75) is 59.8 Å². The van der Waals surface area contributed by atoms with E-state index in [0.29, 0.717) is 0 Å². The van der Waals surface area contributed by atoms with Gasteiger partial charge in [0.25, 0.3) is 0 Å². The molecule has 0 rings (SSSR count). The molecule has 2 unspecified atom stereocenters. The van der Waals surface area contributed by atoms with Crippen LogP contribution in [0.3, 0.4) is 0 Å². The van der Waals surface area contributed by atoms with Gasteiger partial charge in [0.15, 0.2) is 9.84 Å². The minimum atomic E-state index is -3.03. The summed E-state index contributed by atoms with van der Waals surface area (Å²) in [6.07, 6.45) is 0. The molecule has 0 radical (unpaired) electrons. The van der Waals surface area contributed by atoms with Gasteiger partial charge in [0.05, 0.1) is 11.0 Å². The first-order valence-electron chi connectivity index (χ1n) is 6.47. The van der Waals surface area contributed by atoms with Crippen molar-refractivity contribution in [2.75, 3.05) is 12.3 Å². The summed E-state index contributed by atoms with van der Waals surface area (Å²) >= 11 is 0. The molecular weight excluding hydrogens is 234 g/mol. The molecular formula is C13H29NO2S. The maximum absolute atomic E-state index is 12.3. The average molecular weight is 263 g/mol. The van der Waals surface area contributed by atoms with Crippen molar-refractivity contribution in [3.05, 3.63) is 0 Å². The molecule has 1 N–H and O–H groups in total. The van der Waals surface area contributed by atoms with Crippen molar-refractivity contribution >= 4 is 9.84 Å². The number of sulfone groups is 1. The molecule has 0 aromatic carbocycles. The molecule has 0 saturated heterocycles. The summed E-state index contributed by atoms with van der Waals surface area (Å²) in [5.74, 6) is 0.395. The van der Waals surface area contributed by atoms with Crippen molar-refractivity contribution in [1.29, 1.82) is 0 Å². The minimum absolute atomic E-state index is 0.0127. The summed E-state index contributed by atoms with van der Waals surface area (Å²) < 4.78 is 24.5. The first-order chi connectivity index (χ1) is 7.52. The van der Waals surface area contributed by atoms with Crippen molar-refractivity contribution in [3.63, 3.8) is 0 Å². The number of nitrogens with one attached hydrogen (secondary N) is 1. The largest absolute Gasteiger partial charge is 0.313 e. The molecule has 0 aromatic heterocycles. The van der Waals surface area contributed by atoms with E-state index in [-0.39, 0.29) is 28.4 Å². The lowest BCUT2D eigenvalue weighted by Gasteiger charge is -2.32. The van der Waals surface area contributed by atoms with Crippen LogP contribution in [0.4, 0.5) is 0 Å². The van der Waals surface area contributed by atoms with E-state index >= 15 is 0 Å².